The molecule has 0 saturated heterocycles. The SMILES string of the molecule is COc1c(F)cc(C(=N)c2cc(O[C@H](N)c3c(C)cnnc3C)ccc2N)cc1C#N. The van der Waals surface area contributed by atoms with Crippen molar-refractivity contribution in [1.29, 1.82) is 10.7 Å². The van der Waals surface area contributed by atoms with Crippen LogP contribution in [0.3, 0.4) is 0 Å². The maximum absolute atomic E-state index is 14.3. The van der Waals surface area contributed by atoms with Crippen LogP contribution in [0.5, 0.6) is 11.5 Å². The first-order valence-electron chi connectivity index (χ1n) is 9.24. The molecule has 0 unspecified atom stereocenters. The summed E-state index contributed by atoms with van der Waals surface area (Å²) in [4.78, 5) is 0. The van der Waals surface area contributed by atoms with Crippen LogP contribution in [0.4, 0.5) is 10.1 Å². The Bertz CT molecular complexity index is 1190. The molecule has 1 atom stereocenters. The van der Waals surface area contributed by atoms with Crippen LogP contribution in [0.25, 0.3) is 0 Å². The number of nitrogen functional groups attached to an aromatic ring is 1. The summed E-state index contributed by atoms with van der Waals surface area (Å²) in [5, 5.41) is 25.7. The highest BCUT2D eigenvalue weighted by Crippen LogP contribution is 2.29. The predicted octanol–water partition coefficient (Wildman–Crippen LogP) is 3.15. The Morgan fingerprint density at radius 2 is 2.00 bits per heavy atom. The molecule has 1 heterocycles. The van der Waals surface area contributed by atoms with Crippen molar-refractivity contribution < 1.29 is 13.9 Å². The second-order valence-electron chi connectivity index (χ2n) is 6.84. The molecule has 0 aliphatic rings. The number of anilines is 1. The van der Waals surface area contributed by atoms with E-state index >= 15 is 0 Å². The van der Waals surface area contributed by atoms with Crippen LogP contribution in [-0.4, -0.2) is 23.0 Å². The molecule has 3 rings (SSSR count). The molecule has 3 aromatic rings. The van der Waals surface area contributed by atoms with E-state index in [0.29, 0.717) is 28.3 Å². The highest BCUT2D eigenvalue weighted by Gasteiger charge is 2.19. The minimum absolute atomic E-state index is 0.0219. The Kier molecular flexibility index (Phi) is 6.13. The van der Waals surface area contributed by atoms with Crippen LogP contribution in [0.15, 0.2) is 36.5 Å². The van der Waals surface area contributed by atoms with E-state index in [2.05, 4.69) is 10.2 Å². The van der Waals surface area contributed by atoms with Gasteiger partial charge in [-0.1, -0.05) is 0 Å². The number of nitriles is 1. The largest absolute Gasteiger partial charge is 0.492 e. The summed E-state index contributed by atoms with van der Waals surface area (Å²) >= 11 is 0. The molecule has 5 N–H and O–H groups in total. The Morgan fingerprint density at radius 3 is 2.65 bits per heavy atom. The number of nitrogens with one attached hydrogen (secondary N) is 1. The lowest BCUT2D eigenvalue weighted by Gasteiger charge is -2.19. The number of methoxy groups -OCH3 is 1. The van der Waals surface area contributed by atoms with Crippen molar-refractivity contribution in [3.63, 3.8) is 0 Å². The van der Waals surface area contributed by atoms with E-state index in [0.717, 1.165) is 11.6 Å². The zero-order chi connectivity index (χ0) is 22.7. The number of ether oxygens (including phenoxy) is 2. The van der Waals surface area contributed by atoms with Gasteiger partial charge in [-0.25, -0.2) is 4.39 Å². The number of rotatable bonds is 6. The standard InChI is InChI=1S/C22H21FN6O2/c1-11-10-28-29-12(2)19(11)22(27)31-15-4-5-18(25)16(8-15)20(26)13-6-14(9-24)21(30-3)17(23)7-13/h4-8,10,22,26H,25,27H2,1-3H3/t22-/m0/s1. The molecular formula is C22H21FN6O2. The predicted molar refractivity (Wildman–Crippen MR) is 114 cm³/mol. The van der Waals surface area contributed by atoms with Crippen LogP contribution >= 0.6 is 0 Å². The molecule has 0 aliphatic heterocycles. The number of benzene rings is 2. The Labute approximate surface area is 178 Å². The number of hydrogen-bond acceptors (Lipinski definition) is 8. The molecule has 0 saturated carbocycles. The number of halogens is 1. The first kappa shape index (κ1) is 21.7. The summed E-state index contributed by atoms with van der Waals surface area (Å²) in [6, 6.07) is 9.11. The van der Waals surface area contributed by atoms with E-state index in [1.807, 2.05) is 13.0 Å². The molecule has 8 nitrogen and oxygen atoms in total. The molecule has 0 radical (unpaired) electrons. The van der Waals surface area contributed by atoms with Crippen LogP contribution < -0.4 is 20.9 Å². The second-order valence-corrected chi connectivity index (χ2v) is 6.84. The summed E-state index contributed by atoms with van der Waals surface area (Å²) < 4.78 is 25.1. The van der Waals surface area contributed by atoms with Crippen LogP contribution in [0.1, 0.15) is 39.7 Å². The van der Waals surface area contributed by atoms with Gasteiger partial charge in [-0.15, -0.1) is 0 Å². The van der Waals surface area contributed by atoms with Gasteiger partial charge in [0.2, 0.25) is 0 Å². The van der Waals surface area contributed by atoms with Gasteiger partial charge in [-0.3, -0.25) is 11.1 Å². The van der Waals surface area contributed by atoms with E-state index in [9.17, 15) is 9.65 Å². The third-order valence-electron chi connectivity index (χ3n) is 4.77. The van der Waals surface area contributed by atoms with Gasteiger partial charge in [-0.2, -0.15) is 15.5 Å². The van der Waals surface area contributed by atoms with E-state index in [1.54, 1.807) is 31.3 Å². The fourth-order valence-electron chi connectivity index (χ4n) is 3.26. The zero-order valence-corrected chi connectivity index (χ0v) is 17.2. The summed E-state index contributed by atoms with van der Waals surface area (Å²) in [5.74, 6) is -0.552. The minimum Gasteiger partial charge on any atom is -0.492 e. The van der Waals surface area contributed by atoms with E-state index in [1.165, 1.54) is 13.2 Å². The molecule has 158 valence electrons. The van der Waals surface area contributed by atoms with Gasteiger partial charge in [0.25, 0.3) is 0 Å². The van der Waals surface area contributed by atoms with Crippen molar-refractivity contribution in [2.24, 2.45) is 5.73 Å². The van der Waals surface area contributed by atoms with Gasteiger partial charge in [0.15, 0.2) is 17.8 Å². The molecule has 0 bridgehead atoms. The summed E-state index contributed by atoms with van der Waals surface area (Å²) in [6.45, 7) is 3.64. The molecule has 0 fully saturated rings. The Balaban J connectivity index is 1.96. The van der Waals surface area contributed by atoms with E-state index < -0.39 is 12.0 Å². The third-order valence-corrected chi connectivity index (χ3v) is 4.77. The lowest BCUT2D eigenvalue weighted by atomic mass is 9.98. The smallest absolute Gasteiger partial charge is 0.176 e. The monoisotopic (exact) mass is 420 g/mol. The molecule has 31 heavy (non-hydrogen) atoms. The topological polar surface area (TPSA) is 144 Å². The van der Waals surface area contributed by atoms with E-state index in [-0.39, 0.29) is 22.6 Å². The molecule has 0 aliphatic carbocycles. The van der Waals surface area contributed by atoms with Gasteiger partial charge in [0, 0.05) is 22.4 Å². The number of aromatic nitrogens is 2. The number of aryl methyl sites for hydroxylation is 2. The number of nitrogens with zero attached hydrogens (tertiary/aromatic N) is 3. The normalized spacial score (nSPS) is 11.5. The van der Waals surface area contributed by atoms with Crippen molar-refractivity contribution in [2.75, 3.05) is 12.8 Å². The summed E-state index contributed by atoms with van der Waals surface area (Å²) in [5.41, 5.74) is 15.1. The van der Waals surface area contributed by atoms with Gasteiger partial charge in [0.05, 0.1) is 30.3 Å². The third kappa shape index (κ3) is 4.29. The molecular weight excluding hydrogens is 399 g/mol. The molecule has 1 aromatic heterocycles. The summed E-state index contributed by atoms with van der Waals surface area (Å²) in [6.07, 6.45) is 0.783. The fraction of sp³-hybridized carbons (Fsp3) is 0.182. The molecule has 2 aromatic carbocycles. The lowest BCUT2D eigenvalue weighted by molar-refractivity contribution is 0.211. The van der Waals surface area contributed by atoms with Crippen molar-refractivity contribution in [1.82, 2.24) is 10.2 Å². The van der Waals surface area contributed by atoms with E-state index in [4.69, 9.17) is 26.4 Å². The van der Waals surface area contributed by atoms with Crippen molar-refractivity contribution in [2.45, 2.75) is 20.1 Å². The van der Waals surface area contributed by atoms with Crippen LogP contribution in [0.2, 0.25) is 0 Å². The lowest BCUT2D eigenvalue weighted by Crippen LogP contribution is -2.21. The Hall–Kier alpha value is -4.03. The summed E-state index contributed by atoms with van der Waals surface area (Å²) in [7, 11) is 1.27. The minimum atomic E-state index is -0.815. The molecule has 0 spiro atoms. The average molecular weight is 420 g/mol. The zero-order valence-electron chi connectivity index (χ0n) is 17.2. The Morgan fingerprint density at radius 1 is 1.26 bits per heavy atom. The second kappa shape index (κ2) is 8.77. The maximum Gasteiger partial charge on any atom is 0.176 e. The van der Waals surface area contributed by atoms with Gasteiger partial charge in [0.1, 0.15) is 11.8 Å². The first-order chi connectivity index (χ1) is 14.8. The number of nitrogens with two attached hydrogens (primary N) is 2. The molecule has 9 heteroatoms. The highest BCUT2D eigenvalue weighted by atomic mass is 19.1. The fourth-order valence-corrected chi connectivity index (χ4v) is 3.26. The van der Waals surface area contributed by atoms with Crippen LogP contribution in [-0.2, 0) is 0 Å². The quantitative estimate of drug-likeness (QED) is 0.316. The van der Waals surface area contributed by atoms with Crippen LogP contribution in [0, 0.1) is 36.4 Å². The molecule has 0 amide bonds. The number of hydrogen-bond donors (Lipinski definition) is 3. The van der Waals surface area contributed by atoms with Gasteiger partial charge in [-0.05, 0) is 49.7 Å². The van der Waals surface area contributed by atoms with Crippen molar-refractivity contribution in [3.8, 4) is 17.6 Å². The highest BCUT2D eigenvalue weighted by molar-refractivity contribution is 6.14. The van der Waals surface area contributed by atoms with Crippen molar-refractivity contribution in [3.05, 3.63) is 75.9 Å². The average Bonchev–Trinajstić information content (AvgIpc) is 2.73. The van der Waals surface area contributed by atoms with Gasteiger partial charge < -0.3 is 15.2 Å². The van der Waals surface area contributed by atoms with Crippen molar-refractivity contribution >= 4 is 11.4 Å². The van der Waals surface area contributed by atoms with Gasteiger partial charge >= 0.3 is 0 Å². The maximum atomic E-state index is 14.3. The first-order valence-corrected chi connectivity index (χ1v) is 9.24.